The van der Waals surface area contributed by atoms with Crippen LogP contribution in [-0.4, -0.2) is 22.6 Å². The molecule has 0 spiro atoms. The number of rotatable bonds is 5. The molecule has 0 heterocycles. The zero-order valence-corrected chi connectivity index (χ0v) is 14.9. The zero-order chi connectivity index (χ0) is 16.3. The first-order valence-corrected chi connectivity index (χ1v) is 8.73. The van der Waals surface area contributed by atoms with E-state index in [-0.39, 0.29) is 4.90 Å². The second-order valence-electron chi connectivity index (χ2n) is 4.22. The number of halogens is 2. The van der Waals surface area contributed by atoms with E-state index in [0.29, 0.717) is 26.7 Å². The van der Waals surface area contributed by atoms with Crippen molar-refractivity contribution in [2.45, 2.75) is 4.90 Å². The molecule has 0 atom stereocenters. The van der Waals surface area contributed by atoms with E-state index in [1.807, 2.05) is 0 Å². The first kappa shape index (κ1) is 16.9. The van der Waals surface area contributed by atoms with Crippen LogP contribution in [0.25, 0.3) is 0 Å². The topological polar surface area (TPSA) is 64.6 Å². The van der Waals surface area contributed by atoms with Crippen LogP contribution in [0.15, 0.2) is 45.8 Å². The van der Waals surface area contributed by atoms with Gasteiger partial charge in [-0.2, -0.15) is 0 Å². The number of anilines is 1. The average molecular weight is 407 g/mol. The molecule has 0 radical (unpaired) electrons. The molecule has 8 heteroatoms. The van der Waals surface area contributed by atoms with Crippen LogP contribution >= 0.6 is 27.5 Å². The van der Waals surface area contributed by atoms with Gasteiger partial charge in [-0.1, -0.05) is 23.7 Å². The summed E-state index contributed by atoms with van der Waals surface area (Å²) >= 11 is 9.21. The molecule has 118 valence electrons. The summed E-state index contributed by atoms with van der Waals surface area (Å²) in [4.78, 5) is 0.0186. The largest absolute Gasteiger partial charge is 0.493 e. The summed E-state index contributed by atoms with van der Waals surface area (Å²) in [7, 11) is -0.934. The number of ether oxygens (including phenoxy) is 2. The van der Waals surface area contributed by atoms with Gasteiger partial charge < -0.3 is 9.47 Å². The smallest absolute Gasteiger partial charge is 0.263 e. The second kappa shape index (κ2) is 6.76. The molecule has 0 aliphatic carbocycles. The lowest BCUT2D eigenvalue weighted by molar-refractivity contribution is 0.353. The predicted molar refractivity (Wildman–Crippen MR) is 89.5 cm³/mol. The van der Waals surface area contributed by atoms with Crippen LogP contribution < -0.4 is 14.2 Å². The summed E-state index contributed by atoms with van der Waals surface area (Å²) in [6.07, 6.45) is 0. The molecular weight excluding hydrogens is 394 g/mol. The van der Waals surface area contributed by atoms with Crippen LogP contribution in [0.4, 0.5) is 5.69 Å². The van der Waals surface area contributed by atoms with Gasteiger partial charge in [0.05, 0.1) is 24.9 Å². The minimum atomic E-state index is -3.84. The Hall–Kier alpha value is -1.44. The Morgan fingerprint density at radius 2 is 1.68 bits per heavy atom. The summed E-state index contributed by atoms with van der Waals surface area (Å²) in [5, 5.41) is 0.308. The van der Waals surface area contributed by atoms with Crippen LogP contribution in [0.1, 0.15) is 0 Å². The highest BCUT2D eigenvalue weighted by atomic mass is 79.9. The fraction of sp³-hybridized carbons (Fsp3) is 0.143. The molecule has 0 amide bonds. The third-order valence-electron chi connectivity index (χ3n) is 2.85. The minimum absolute atomic E-state index is 0.0186. The van der Waals surface area contributed by atoms with E-state index in [1.54, 1.807) is 24.3 Å². The molecule has 0 aromatic heterocycles. The van der Waals surface area contributed by atoms with E-state index in [2.05, 4.69) is 20.7 Å². The van der Waals surface area contributed by atoms with Gasteiger partial charge in [0.2, 0.25) is 0 Å². The molecule has 0 aliphatic heterocycles. The lowest BCUT2D eigenvalue weighted by Gasteiger charge is -2.14. The molecule has 0 aliphatic rings. The summed E-state index contributed by atoms with van der Waals surface area (Å²) in [6, 6.07) is 9.49. The van der Waals surface area contributed by atoms with Crippen molar-refractivity contribution >= 4 is 43.2 Å². The monoisotopic (exact) mass is 405 g/mol. The zero-order valence-electron chi connectivity index (χ0n) is 11.8. The third-order valence-corrected chi connectivity index (χ3v) is 5.50. The first-order valence-electron chi connectivity index (χ1n) is 6.08. The average Bonchev–Trinajstić information content (AvgIpc) is 2.48. The van der Waals surface area contributed by atoms with Crippen LogP contribution in [0.3, 0.4) is 0 Å². The lowest BCUT2D eigenvalue weighted by atomic mass is 10.3. The summed E-state index contributed by atoms with van der Waals surface area (Å²) in [5.74, 6) is 0.733. The van der Waals surface area contributed by atoms with Crippen molar-refractivity contribution in [3.63, 3.8) is 0 Å². The maximum Gasteiger partial charge on any atom is 0.263 e. The number of hydrogen-bond acceptors (Lipinski definition) is 4. The molecule has 0 fully saturated rings. The standard InChI is InChI=1S/C14H13BrClNO4S/c1-20-12-7-9(15)14(8-13(12)21-2)22(18,19)17-11-6-4-3-5-10(11)16/h3-8,17H,1-2H3. The second-order valence-corrected chi connectivity index (χ2v) is 7.14. The fourth-order valence-electron chi connectivity index (χ4n) is 1.79. The van der Waals surface area contributed by atoms with Gasteiger partial charge in [0.25, 0.3) is 10.0 Å². The molecule has 22 heavy (non-hydrogen) atoms. The Bertz CT molecular complexity index is 795. The molecule has 1 N–H and O–H groups in total. The van der Waals surface area contributed by atoms with Crippen molar-refractivity contribution in [3.05, 3.63) is 45.9 Å². The van der Waals surface area contributed by atoms with Gasteiger partial charge in [0, 0.05) is 10.5 Å². The van der Waals surface area contributed by atoms with Gasteiger partial charge >= 0.3 is 0 Å². The summed E-state index contributed by atoms with van der Waals surface area (Å²) in [6.45, 7) is 0. The highest BCUT2D eigenvalue weighted by molar-refractivity contribution is 9.10. The van der Waals surface area contributed by atoms with E-state index < -0.39 is 10.0 Å². The predicted octanol–water partition coefficient (Wildman–Crippen LogP) is 3.92. The molecule has 2 rings (SSSR count). The Kier molecular flexibility index (Phi) is 5.20. The Balaban J connectivity index is 2.48. The molecule has 0 saturated carbocycles. The molecule has 0 bridgehead atoms. The van der Waals surface area contributed by atoms with E-state index in [4.69, 9.17) is 21.1 Å². The molecule has 0 unspecified atom stereocenters. The van der Waals surface area contributed by atoms with Crippen molar-refractivity contribution in [1.29, 1.82) is 0 Å². The Morgan fingerprint density at radius 3 is 2.27 bits per heavy atom. The van der Waals surface area contributed by atoms with Crippen molar-refractivity contribution in [2.75, 3.05) is 18.9 Å². The number of methoxy groups -OCH3 is 2. The molecule has 2 aromatic carbocycles. The molecule has 0 saturated heterocycles. The van der Waals surface area contributed by atoms with Crippen LogP contribution in [0.2, 0.25) is 5.02 Å². The van der Waals surface area contributed by atoms with Gasteiger partial charge in [-0.25, -0.2) is 8.42 Å². The maximum absolute atomic E-state index is 12.5. The fourth-order valence-corrected chi connectivity index (χ4v) is 4.14. The number of sulfonamides is 1. The molecular formula is C14H13BrClNO4S. The highest BCUT2D eigenvalue weighted by Crippen LogP contribution is 2.36. The number of hydrogen-bond donors (Lipinski definition) is 1. The normalized spacial score (nSPS) is 11.1. The highest BCUT2D eigenvalue weighted by Gasteiger charge is 2.22. The molecule has 2 aromatic rings. The van der Waals surface area contributed by atoms with E-state index in [1.165, 1.54) is 26.4 Å². The summed E-state index contributed by atoms with van der Waals surface area (Å²) in [5.41, 5.74) is 0.297. The SMILES string of the molecule is COc1cc(Br)c(S(=O)(=O)Nc2ccccc2Cl)cc1OC. The number of nitrogens with one attached hydrogen (secondary N) is 1. The summed E-state index contributed by atoms with van der Waals surface area (Å²) < 4.78 is 38.2. The number of para-hydroxylation sites is 1. The van der Waals surface area contributed by atoms with Gasteiger partial charge in [0.1, 0.15) is 4.90 Å². The third kappa shape index (κ3) is 3.48. The van der Waals surface area contributed by atoms with Gasteiger partial charge in [-0.15, -0.1) is 0 Å². The van der Waals surface area contributed by atoms with Crippen LogP contribution in [0, 0.1) is 0 Å². The van der Waals surface area contributed by atoms with E-state index in [9.17, 15) is 8.42 Å². The van der Waals surface area contributed by atoms with Crippen molar-refractivity contribution in [2.24, 2.45) is 0 Å². The van der Waals surface area contributed by atoms with Gasteiger partial charge in [-0.3, -0.25) is 4.72 Å². The number of benzene rings is 2. The maximum atomic E-state index is 12.5. The minimum Gasteiger partial charge on any atom is -0.493 e. The first-order chi connectivity index (χ1) is 10.4. The van der Waals surface area contributed by atoms with Gasteiger partial charge in [0.15, 0.2) is 11.5 Å². The van der Waals surface area contributed by atoms with Crippen LogP contribution in [0.5, 0.6) is 11.5 Å². The quantitative estimate of drug-likeness (QED) is 0.817. The van der Waals surface area contributed by atoms with E-state index in [0.717, 1.165) is 0 Å². The van der Waals surface area contributed by atoms with Crippen molar-refractivity contribution in [3.8, 4) is 11.5 Å². The molecule has 5 nitrogen and oxygen atoms in total. The van der Waals surface area contributed by atoms with Crippen molar-refractivity contribution in [1.82, 2.24) is 0 Å². The lowest BCUT2D eigenvalue weighted by Crippen LogP contribution is -2.14. The van der Waals surface area contributed by atoms with Gasteiger partial charge in [-0.05, 0) is 34.1 Å². The van der Waals surface area contributed by atoms with Crippen molar-refractivity contribution < 1.29 is 17.9 Å². The van der Waals surface area contributed by atoms with Crippen LogP contribution in [-0.2, 0) is 10.0 Å². The Labute approximate surface area is 142 Å². The Morgan fingerprint density at radius 1 is 1.09 bits per heavy atom. The van der Waals surface area contributed by atoms with E-state index >= 15 is 0 Å².